The Morgan fingerprint density at radius 1 is 1.09 bits per heavy atom. The summed E-state index contributed by atoms with van der Waals surface area (Å²) in [5, 5.41) is 1.75. The molecule has 0 amide bonds. The molecule has 108 valence electrons. The molecule has 1 N–H and O–H groups in total. The first-order chi connectivity index (χ1) is 10.6. The highest BCUT2D eigenvalue weighted by atomic mass is 35.5. The average molecular weight is 332 g/mol. The Kier molecular flexibility index (Phi) is 3.03. The molecule has 0 bridgehead atoms. The number of rotatable bonds is 1. The van der Waals surface area contributed by atoms with Crippen LogP contribution < -0.4 is 0 Å². The van der Waals surface area contributed by atoms with Crippen molar-refractivity contribution in [2.24, 2.45) is 0 Å². The molecule has 0 saturated heterocycles. The van der Waals surface area contributed by atoms with Gasteiger partial charge in [-0.1, -0.05) is 29.3 Å². The van der Waals surface area contributed by atoms with Gasteiger partial charge in [-0.15, -0.1) is 0 Å². The molecule has 4 rings (SSSR count). The third-order valence-corrected chi connectivity index (χ3v) is 4.03. The van der Waals surface area contributed by atoms with Crippen LogP contribution in [0.4, 0.5) is 4.39 Å². The van der Waals surface area contributed by atoms with Gasteiger partial charge in [-0.3, -0.25) is 4.98 Å². The van der Waals surface area contributed by atoms with E-state index in [0.717, 1.165) is 10.9 Å². The fourth-order valence-corrected chi connectivity index (χ4v) is 2.89. The third kappa shape index (κ3) is 2.03. The first-order valence-corrected chi connectivity index (χ1v) is 7.27. The van der Waals surface area contributed by atoms with E-state index in [1.165, 1.54) is 6.07 Å². The van der Waals surface area contributed by atoms with Crippen LogP contribution in [0, 0.1) is 5.82 Å². The van der Waals surface area contributed by atoms with Crippen molar-refractivity contribution in [3.05, 3.63) is 58.5 Å². The molecule has 0 saturated carbocycles. The van der Waals surface area contributed by atoms with Crippen LogP contribution in [0.1, 0.15) is 0 Å². The van der Waals surface area contributed by atoms with Crippen molar-refractivity contribution < 1.29 is 4.39 Å². The molecule has 0 spiro atoms. The predicted molar refractivity (Wildman–Crippen MR) is 86.8 cm³/mol. The number of H-pyrrole nitrogens is 1. The first-order valence-electron chi connectivity index (χ1n) is 6.52. The highest BCUT2D eigenvalue weighted by Gasteiger charge is 2.15. The van der Waals surface area contributed by atoms with Crippen LogP contribution in [-0.4, -0.2) is 15.0 Å². The molecule has 0 atom stereocenters. The molecule has 0 aliphatic rings. The van der Waals surface area contributed by atoms with Crippen LogP contribution in [0.5, 0.6) is 0 Å². The van der Waals surface area contributed by atoms with Crippen molar-refractivity contribution in [3.63, 3.8) is 0 Å². The number of benzene rings is 2. The number of fused-ring (bicyclic) bond motifs is 3. The lowest BCUT2D eigenvalue weighted by Crippen LogP contribution is -1.87. The lowest BCUT2D eigenvalue weighted by Gasteiger charge is -2.01. The summed E-state index contributed by atoms with van der Waals surface area (Å²) in [7, 11) is 0. The van der Waals surface area contributed by atoms with Crippen molar-refractivity contribution in [1.82, 2.24) is 15.0 Å². The maximum absolute atomic E-state index is 14.1. The number of imidazole rings is 1. The maximum Gasteiger partial charge on any atom is 0.143 e. The van der Waals surface area contributed by atoms with Gasteiger partial charge in [0.2, 0.25) is 0 Å². The number of pyridine rings is 1. The Morgan fingerprint density at radius 3 is 2.77 bits per heavy atom. The monoisotopic (exact) mass is 331 g/mol. The van der Waals surface area contributed by atoms with Gasteiger partial charge in [0.25, 0.3) is 0 Å². The quantitative estimate of drug-likeness (QED) is 0.519. The van der Waals surface area contributed by atoms with Crippen LogP contribution in [0.15, 0.2) is 42.6 Å². The third-order valence-electron chi connectivity index (χ3n) is 3.48. The highest BCUT2D eigenvalue weighted by molar-refractivity contribution is 6.33. The van der Waals surface area contributed by atoms with E-state index in [2.05, 4.69) is 15.0 Å². The van der Waals surface area contributed by atoms with Gasteiger partial charge in [0, 0.05) is 10.4 Å². The summed E-state index contributed by atoms with van der Waals surface area (Å²) in [5.74, 6) is -0.0470. The molecule has 3 nitrogen and oxygen atoms in total. The summed E-state index contributed by atoms with van der Waals surface area (Å²) in [6.45, 7) is 0. The van der Waals surface area contributed by atoms with E-state index >= 15 is 0 Å². The molecule has 2 aromatic heterocycles. The smallest absolute Gasteiger partial charge is 0.143 e. The van der Waals surface area contributed by atoms with Gasteiger partial charge in [0.15, 0.2) is 0 Å². The summed E-state index contributed by atoms with van der Waals surface area (Å²) in [5.41, 5.74) is 2.40. The summed E-state index contributed by atoms with van der Waals surface area (Å²) in [6.07, 6.45) is 1.65. The number of aromatic amines is 1. The number of halogens is 3. The minimum atomic E-state index is -0.424. The van der Waals surface area contributed by atoms with E-state index in [4.69, 9.17) is 23.2 Å². The summed E-state index contributed by atoms with van der Waals surface area (Å²) < 4.78 is 14.1. The molecule has 0 aliphatic carbocycles. The fourth-order valence-electron chi connectivity index (χ4n) is 2.47. The molecule has 0 radical (unpaired) electrons. The SMILES string of the molecule is Fc1cccc(Cl)c1-c1nc2c(cnc3cc(Cl)ccc32)[nH]1. The van der Waals surface area contributed by atoms with E-state index in [9.17, 15) is 4.39 Å². The Morgan fingerprint density at radius 2 is 1.95 bits per heavy atom. The van der Waals surface area contributed by atoms with Crippen LogP contribution in [-0.2, 0) is 0 Å². The van der Waals surface area contributed by atoms with E-state index < -0.39 is 5.82 Å². The van der Waals surface area contributed by atoms with Gasteiger partial charge in [-0.2, -0.15) is 0 Å². The Hall–Kier alpha value is -2.17. The number of nitrogens with zero attached hydrogens (tertiary/aromatic N) is 2. The highest BCUT2D eigenvalue weighted by Crippen LogP contribution is 2.32. The maximum atomic E-state index is 14.1. The molecule has 6 heteroatoms. The van der Waals surface area contributed by atoms with Gasteiger partial charge >= 0.3 is 0 Å². The van der Waals surface area contributed by atoms with Gasteiger partial charge < -0.3 is 4.98 Å². The number of hydrogen-bond donors (Lipinski definition) is 1. The van der Waals surface area contributed by atoms with Crippen LogP contribution >= 0.6 is 23.2 Å². The van der Waals surface area contributed by atoms with E-state index in [0.29, 0.717) is 26.9 Å². The van der Waals surface area contributed by atoms with E-state index in [1.54, 1.807) is 30.5 Å². The van der Waals surface area contributed by atoms with Crippen molar-refractivity contribution in [2.75, 3.05) is 0 Å². The summed E-state index contributed by atoms with van der Waals surface area (Å²) >= 11 is 12.1. The Bertz CT molecular complexity index is 1010. The van der Waals surface area contributed by atoms with E-state index in [1.807, 2.05) is 6.07 Å². The lowest BCUT2D eigenvalue weighted by atomic mass is 10.2. The molecule has 0 aliphatic heterocycles. The lowest BCUT2D eigenvalue weighted by molar-refractivity contribution is 0.630. The fraction of sp³-hybridized carbons (Fsp3) is 0. The van der Waals surface area contributed by atoms with Gasteiger partial charge in [0.05, 0.1) is 33.3 Å². The van der Waals surface area contributed by atoms with E-state index in [-0.39, 0.29) is 5.56 Å². The standard InChI is InChI=1S/C16H8Cl2FN3/c17-8-4-5-9-12(6-8)20-7-13-15(9)22-16(21-13)14-10(18)2-1-3-11(14)19/h1-7H,(H,21,22). The Labute approximate surface area is 134 Å². The van der Waals surface area contributed by atoms with Crippen molar-refractivity contribution in [1.29, 1.82) is 0 Å². The summed E-state index contributed by atoms with van der Waals surface area (Å²) in [4.78, 5) is 11.9. The van der Waals surface area contributed by atoms with Gasteiger partial charge in [-0.05, 0) is 30.3 Å². The minimum absolute atomic E-state index is 0.252. The molecule has 22 heavy (non-hydrogen) atoms. The normalized spacial score (nSPS) is 11.4. The molecular formula is C16H8Cl2FN3. The number of hydrogen-bond acceptors (Lipinski definition) is 2. The van der Waals surface area contributed by atoms with Crippen molar-refractivity contribution in [3.8, 4) is 11.4 Å². The minimum Gasteiger partial charge on any atom is -0.337 e. The summed E-state index contributed by atoms with van der Waals surface area (Å²) in [6, 6.07) is 9.92. The molecule has 0 fully saturated rings. The van der Waals surface area contributed by atoms with Gasteiger partial charge in [-0.25, -0.2) is 9.37 Å². The average Bonchev–Trinajstić information content (AvgIpc) is 2.90. The predicted octanol–water partition coefficient (Wildman–Crippen LogP) is 5.22. The molecule has 4 aromatic rings. The van der Waals surface area contributed by atoms with Crippen LogP contribution in [0.25, 0.3) is 33.3 Å². The van der Waals surface area contributed by atoms with Crippen molar-refractivity contribution >= 4 is 45.1 Å². The second-order valence-electron chi connectivity index (χ2n) is 4.86. The zero-order valence-electron chi connectivity index (χ0n) is 11.1. The zero-order chi connectivity index (χ0) is 15.3. The zero-order valence-corrected chi connectivity index (χ0v) is 12.6. The van der Waals surface area contributed by atoms with Crippen molar-refractivity contribution in [2.45, 2.75) is 0 Å². The van der Waals surface area contributed by atoms with Crippen LogP contribution in [0.3, 0.4) is 0 Å². The number of nitrogens with one attached hydrogen (secondary N) is 1. The molecule has 2 aromatic carbocycles. The first kappa shape index (κ1) is 13.5. The topological polar surface area (TPSA) is 41.6 Å². The number of aromatic nitrogens is 3. The van der Waals surface area contributed by atoms with Crippen LogP contribution in [0.2, 0.25) is 10.0 Å². The second-order valence-corrected chi connectivity index (χ2v) is 5.71. The molecular weight excluding hydrogens is 324 g/mol. The second kappa shape index (κ2) is 4.93. The molecule has 0 unspecified atom stereocenters. The Balaban J connectivity index is 2.04. The largest absolute Gasteiger partial charge is 0.337 e. The van der Waals surface area contributed by atoms with Gasteiger partial charge in [0.1, 0.15) is 11.6 Å². The molecule has 2 heterocycles.